The Kier molecular flexibility index (Phi) is 10.4. The van der Waals surface area contributed by atoms with Crippen LogP contribution in [-0.2, 0) is 19.1 Å². The number of carbonyl (C=O) groups is 2. The summed E-state index contributed by atoms with van der Waals surface area (Å²) in [6, 6.07) is -0.387. The van der Waals surface area contributed by atoms with Gasteiger partial charge in [0.25, 0.3) is 0 Å². The monoisotopic (exact) mass is 622 g/mol. The molecule has 10 nitrogen and oxygen atoms in total. The molecular weight excluding hydrogens is 578 g/mol. The topological polar surface area (TPSA) is 116 Å². The number of nitrogens with zero attached hydrogens (tertiary/aromatic N) is 1. The highest BCUT2D eigenvalue weighted by Crippen LogP contribution is 2.39. The van der Waals surface area contributed by atoms with E-state index in [1.54, 1.807) is 25.8 Å². The second kappa shape index (κ2) is 13.5. The SMILES string of the molecule is COC1CNC(Cl)CC1C1CC(C)NCC1C(=O)NC1NC2CN(C(=O)C3NC(C)C(OC(F)F)CC3C)CC2S1. The van der Waals surface area contributed by atoms with Crippen molar-refractivity contribution in [1.29, 1.82) is 0 Å². The second-order valence-corrected chi connectivity index (χ2v) is 14.4. The summed E-state index contributed by atoms with van der Waals surface area (Å²) in [7, 11) is 1.73. The smallest absolute Gasteiger partial charge is 0.345 e. The normalized spacial score (nSPS) is 45.1. The minimum absolute atomic E-state index is 0.00487. The highest BCUT2D eigenvalue weighted by atomic mass is 35.5. The van der Waals surface area contributed by atoms with E-state index in [1.165, 1.54) is 0 Å². The van der Waals surface area contributed by atoms with Crippen LogP contribution in [0.25, 0.3) is 0 Å². The van der Waals surface area contributed by atoms with Gasteiger partial charge in [0, 0.05) is 56.7 Å². The number of amides is 2. The van der Waals surface area contributed by atoms with Crippen LogP contribution in [0.1, 0.15) is 40.0 Å². The molecule has 5 fully saturated rings. The number of fused-ring (bicyclic) bond motifs is 1. The average molecular weight is 623 g/mol. The Balaban J connectivity index is 1.14. The van der Waals surface area contributed by atoms with Crippen molar-refractivity contribution in [2.45, 2.75) is 99.3 Å². The number of carbonyl (C=O) groups excluding carboxylic acids is 2. The molecular formula is C27H45ClF2N6O4S. The summed E-state index contributed by atoms with van der Waals surface area (Å²) in [6.07, 6.45) is 1.45. The standard InChI is InChI=1S/C27H45ClF2N6O4S/c1-12-5-19(40-26(29)30)14(3)33-23(12)25(38)36-10-18-21(11-36)41-27(34-18)35-24(37)17-8-31-13(2)6-15(17)16-7-22(28)32-9-20(16)39-4/h12-23,26-27,31-34H,5-11H2,1-4H3,(H,35,37). The zero-order chi connectivity index (χ0) is 29.4. The molecule has 5 heterocycles. The molecule has 5 aliphatic heterocycles. The van der Waals surface area contributed by atoms with Crippen LogP contribution < -0.4 is 26.6 Å². The molecule has 2 amide bonds. The quantitative estimate of drug-likeness (QED) is 0.210. The van der Waals surface area contributed by atoms with Gasteiger partial charge in [-0.3, -0.25) is 20.2 Å². The first kappa shape index (κ1) is 31.6. The van der Waals surface area contributed by atoms with E-state index in [0.29, 0.717) is 38.6 Å². The van der Waals surface area contributed by atoms with Crippen molar-refractivity contribution in [1.82, 2.24) is 31.5 Å². The summed E-state index contributed by atoms with van der Waals surface area (Å²) in [5.74, 6) is 0.0772. The van der Waals surface area contributed by atoms with Crippen LogP contribution in [-0.4, -0.2) is 109 Å². The summed E-state index contributed by atoms with van der Waals surface area (Å²) in [6.45, 7) is 5.44. The number of hydrogen-bond donors (Lipinski definition) is 5. The summed E-state index contributed by atoms with van der Waals surface area (Å²) in [5.41, 5.74) is -0.347. The molecule has 0 radical (unpaired) electrons. The summed E-state index contributed by atoms with van der Waals surface area (Å²) in [4.78, 5) is 28.9. The van der Waals surface area contributed by atoms with Crippen LogP contribution in [0, 0.1) is 23.7 Å². The Bertz CT molecular complexity index is 930. The molecule has 0 spiro atoms. The third kappa shape index (κ3) is 7.13. The molecule has 13 atom stereocenters. The first-order valence-electron chi connectivity index (χ1n) is 14.9. The Morgan fingerprint density at radius 2 is 1.80 bits per heavy atom. The molecule has 5 saturated heterocycles. The van der Waals surface area contributed by atoms with E-state index < -0.39 is 18.8 Å². The molecule has 0 bridgehead atoms. The van der Waals surface area contributed by atoms with Gasteiger partial charge in [0.15, 0.2) is 0 Å². The van der Waals surface area contributed by atoms with Crippen molar-refractivity contribution in [3.05, 3.63) is 0 Å². The lowest BCUT2D eigenvalue weighted by Gasteiger charge is -2.45. The van der Waals surface area contributed by atoms with Gasteiger partial charge in [0.2, 0.25) is 11.8 Å². The number of alkyl halides is 3. The van der Waals surface area contributed by atoms with Gasteiger partial charge in [-0.2, -0.15) is 8.78 Å². The second-order valence-electron chi connectivity index (χ2n) is 12.5. The van der Waals surface area contributed by atoms with Gasteiger partial charge in [-0.05, 0) is 50.9 Å². The van der Waals surface area contributed by atoms with Gasteiger partial charge in [-0.15, -0.1) is 23.4 Å². The van der Waals surface area contributed by atoms with Gasteiger partial charge in [-0.1, -0.05) is 6.92 Å². The van der Waals surface area contributed by atoms with Crippen molar-refractivity contribution in [3.63, 3.8) is 0 Å². The molecule has 0 aromatic heterocycles. The Morgan fingerprint density at radius 1 is 1.02 bits per heavy atom. The number of ether oxygens (including phenoxy) is 2. The highest BCUT2D eigenvalue weighted by Gasteiger charge is 2.48. The molecule has 5 rings (SSSR count). The van der Waals surface area contributed by atoms with Crippen LogP contribution in [0.2, 0.25) is 0 Å². The molecule has 5 N–H and O–H groups in total. The first-order valence-corrected chi connectivity index (χ1v) is 16.3. The third-order valence-corrected chi connectivity index (χ3v) is 11.4. The van der Waals surface area contributed by atoms with Gasteiger partial charge in [0.1, 0.15) is 5.50 Å². The molecule has 234 valence electrons. The number of rotatable bonds is 7. The summed E-state index contributed by atoms with van der Waals surface area (Å²) >= 11 is 8.13. The van der Waals surface area contributed by atoms with E-state index in [9.17, 15) is 18.4 Å². The van der Waals surface area contributed by atoms with Crippen LogP contribution in [0.15, 0.2) is 0 Å². The minimum atomic E-state index is -2.83. The third-order valence-electron chi connectivity index (χ3n) is 9.76. The Labute approximate surface area is 250 Å². The summed E-state index contributed by atoms with van der Waals surface area (Å²) < 4.78 is 36.1. The Hall–Kier alpha value is -0.800. The molecule has 14 heteroatoms. The number of methoxy groups -OCH3 is 1. The highest BCUT2D eigenvalue weighted by molar-refractivity contribution is 8.00. The van der Waals surface area contributed by atoms with Gasteiger partial charge < -0.3 is 30.3 Å². The fourth-order valence-electron chi connectivity index (χ4n) is 7.52. The molecule has 0 aromatic rings. The maximum atomic E-state index is 13.6. The predicted molar refractivity (Wildman–Crippen MR) is 153 cm³/mol. The lowest BCUT2D eigenvalue weighted by atomic mass is 9.70. The predicted octanol–water partition coefficient (Wildman–Crippen LogP) is 1.10. The number of halogens is 3. The van der Waals surface area contributed by atoms with E-state index in [0.717, 1.165) is 12.8 Å². The van der Waals surface area contributed by atoms with E-state index in [1.807, 2.05) is 11.8 Å². The van der Waals surface area contributed by atoms with E-state index >= 15 is 0 Å². The van der Waals surface area contributed by atoms with Crippen molar-refractivity contribution >= 4 is 35.2 Å². The van der Waals surface area contributed by atoms with Crippen LogP contribution in [0.3, 0.4) is 0 Å². The van der Waals surface area contributed by atoms with Crippen molar-refractivity contribution < 1.29 is 27.8 Å². The molecule has 5 aliphatic rings. The number of piperidine rings is 3. The zero-order valence-electron chi connectivity index (χ0n) is 24.2. The van der Waals surface area contributed by atoms with Crippen molar-refractivity contribution in [2.75, 3.05) is 33.3 Å². The van der Waals surface area contributed by atoms with Gasteiger partial charge >= 0.3 is 6.61 Å². The fourth-order valence-corrected chi connectivity index (χ4v) is 9.23. The molecule has 0 saturated carbocycles. The fraction of sp³-hybridized carbons (Fsp3) is 0.926. The number of nitrogens with one attached hydrogen (secondary N) is 5. The van der Waals surface area contributed by atoms with E-state index in [4.69, 9.17) is 21.1 Å². The van der Waals surface area contributed by atoms with Gasteiger partial charge in [0.05, 0.1) is 29.7 Å². The van der Waals surface area contributed by atoms with Gasteiger partial charge in [-0.25, -0.2) is 0 Å². The maximum absolute atomic E-state index is 13.6. The Morgan fingerprint density at radius 3 is 2.51 bits per heavy atom. The molecule has 41 heavy (non-hydrogen) atoms. The van der Waals surface area contributed by atoms with Crippen molar-refractivity contribution in [2.24, 2.45) is 23.7 Å². The number of hydrogen-bond acceptors (Lipinski definition) is 9. The summed E-state index contributed by atoms with van der Waals surface area (Å²) in [5, 5.41) is 16.9. The van der Waals surface area contributed by atoms with Crippen LogP contribution in [0.5, 0.6) is 0 Å². The van der Waals surface area contributed by atoms with E-state index in [-0.39, 0.29) is 69.9 Å². The van der Waals surface area contributed by atoms with Crippen LogP contribution >= 0.6 is 23.4 Å². The largest absolute Gasteiger partial charge is 0.380 e. The lowest BCUT2D eigenvalue weighted by molar-refractivity contribution is -0.181. The lowest BCUT2D eigenvalue weighted by Crippen LogP contribution is -2.60. The maximum Gasteiger partial charge on any atom is 0.345 e. The zero-order valence-corrected chi connectivity index (χ0v) is 25.7. The molecule has 13 unspecified atom stereocenters. The van der Waals surface area contributed by atoms with Crippen LogP contribution in [0.4, 0.5) is 8.78 Å². The molecule has 0 aromatic carbocycles. The average Bonchev–Trinajstić information content (AvgIpc) is 3.48. The van der Waals surface area contributed by atoms with Crippen molar-refractivity contribution in [3.8, 4) is 0 Å². The molecule has 0 aliphatic carbocycles. The van der Waals surface area contributed by atoms with E-state index in [2.05, 4.69) is 33.5 Å². The first-order chi connectivity index (χ1) is 19.5. The minimum Gasteiger partial charge on any atom is -0.380 e. The number of likely N-dealkylation sites (tertiary alicyclic amines) is 1. The number of thioether (sulfide) groups is 1.